The number of carbonyl (C=O) groups is 2. The van der Waals surface area contributed by atoms with Gasteiger partial charge in [0.05, 0.1) is 13.2 Å². The van der Waals surface area contributed by atoms with Gasteiger partial charge >= 0.3 is 11.9 Å². The van der Waals surface area contributed by atoms with Crippen molar-refractivity contribution in [1.82, 2.24) is 0 Å². The number of hydrogen-bond acceptors (Lipinski definition) is 6. The molecule has 0 rings (SSSR count). The number of rotatable bonds is 14. The van der Waals surface area contributed by atoms with Gasteiger partial charge in [0.2, 0.25) is 6.29 Å². The summed E-state index contributed by atoms with van der Waals surface area (Å²) in [5, 5.41) is 0. The molecule has 0 spiro atoms. The predicted octanol–water partition coefficient (Wildman–Crippen LogP) is 3.47. The zero-order valence-corrected chi connectivity index (χ0v) is 16.7. The lowest BCUT2D eigenvalue weighted by Crippen LogP contribution is -2.28. The van der Waals surface area contributed by atoms with Crippen molar-refractivity contribution in [2.24, 2.45) is 5.92 Å². The highest BCUT2D eigenvalue weighted by molar-refractivity contribution is 5.94. The topological polar surface area (TPSA) is 71.1 Å². The molecular formula is C20H34O6. The Hall–Kier alpha value is -1.58. The summed E-state index contributed by atoms with van der Waals surface area (Å²) in [6.07, 6.45) is 5.56. The van der Waals surface area contributed by atoms with E-state index in [1.165, 1.54) is 14.2 Å². The number of hydrogen-bond donors (Lipinski definition) is 0. The number of esters is 2. The van der Waals surface area contributed by atoms with Crippen molar-refractivity contribution in [3.8, 4) is 11.8 Å². The molecule has 0 saturated carbocycles. The Morgan fingerprint density at radius 3 is 1.96 bits per heavy atom. The van der Waals surface area contributed by atoms with Crippen molar-refractivity contribution >= 4 is 11.9 Å². The first-order chi connectivity index (χ1) is 12.6. The first-order valence-corrected chi connectivity index (χ1v) is 9.47. The first kappa shape index (κ1) is 24.4. The Morgan fingerprint density at radius 2 is 1.42 bits per heavy atom. The molecule has 6 nitrogen and oxygen atoms in total. The summed E-state index contributed by atoms with van der Waals surface area (Å²) in [6, 6.07) is 0. The van der Waals surface area contributed by atoms with Gasteiger partial charge in [0, 0.05) is 20.6 Å². The lowest BCUT2D eigenvalue weighted by atomic mass is 10.0. The molecule has 26 heavy (non-hydrogen) atoms. The summed E-state index contributed by atoms with van der Waals surface area (Å²) in [5.74, 6) is 4.04. The maximum atomic E-state index is 12.2. The Bertz CT molecular complexity index is 433. The highest BCUT2D eigenvalue weighted by Crippen LogP contribution is 2.14. The Labute approximate surface area is 157 Å². The van der Waals surface area contributed by atoms with Gasteiger partial charge in [-0.05, 0) is 31.6 Å². The van der Waals surface area contributed by atoms with Crippen LogP contribution in [0.5, 0.6) is 0 Å². The van der Waals surface area contributed by atoms with E-state index >= 15 is 0 Å². The maximum absolute atomic E-state index is 12.2. The van der Waals surface area contributed by atoms with Crippen molar-refractivity contribution in [3.05, 3.63) is 0 Å². The van der Waals surface area contributed by atoms with Crippen LogP contribution in [-0.2, 0) is 28.5 Å². The molecule has 6 heteroatoms. The number of unbranched alkanes of at least 4 members (excludes halogenated alkanes) is 4. The van der Waals surface area contributed by atoms with Crippen LogP contribution < -0.4 is 0 Å². The summed E-state index contributed by atoms with van der Waals surface area (Å²) in [7, 11) is 3.06. The third-order valence-corrected chi connectivity index (χ3v) is 3.75. The van der Waals surface area contributed by atoms with Crippen molar-refractivity contribution < 1.29 is 28.5 Å². The largest absolute Gasteiger partial charge is 0.465 e. The van der Waals surface area contributed by atoms with Gasteiger partial charge in [-0.2, -0.15) is 0 Å². The minimum atomic E-state index is -0.809. The van der Waals surface area contributed by atoms with Crippen molar-refractivity contribution in [2.45, 2.75) is 71.5 Å². The van der Waals surface area contributed by atoms with Gasteiger partial charge < -0.3 is 18.9 Å². The van der Waals surface area contributed by atoms with Crippen LogP contribution in [0.2, 0.25) is 0 Å². The molecule has 0 aliphatic carbocycles. The van der Waals surface area contributed by atoms with E-state index in [9.17, 15) is 9.59 Å². The fourth-order valence-electron chi connectivity index (χ4n) is 2.12. The van der Waals surface area contributed by atoms with Gasteiger partial charge in [0.25, 0.3) is 0 Å². The van der Waals surface area contributed by atoms with Crippen LogP contribution in [0.3, 0.4) is 0 Å². The van der Waals surface area contributed by atoms with E-state index in [0.717, 1.165) is 32.1 Å². The number of carbonyl (C=O) groups excluding carboxylic acids is 2. The molecule has 0 aromatic carbocycles. The van der Waals surface area contributed by atoms with Crippen LogP contribution in [0, 0.1) is 17.8 Å². The zero-order chi connectivity index (χ0) is 19.6. The molecule has 0 saturated heterocycles. The summed E-state index contributed by atoms with van der Waals surface area (Å²) < 4.78 is 20.4. The van der Waals surface area contributed by atoms with E-state index < -0.39 is 24.1 Å². The van der Waals surface area contributed by atoms with Crippen molar-refractivity contribution in [1.29, 1.82) is 0 Å². The van der Waals surface area contributed by atoms with Crippen LogP contribution >= 0.6 is 0 Å². The molecule has 1 atom stereocenters. The molecular weight excluding hydrogens is 336 g/mol. The lowest BCUT2D eigenvalue weighted by Gasteiger charge is -2.15. The second kappa shape index (κ2) is 16.9. The third-order valence-electron chi connectivity index (χ3n) is 3.75. The van der Waals surface area contributed by atoms with E-state index in [4.69, 9.17) is 18.9 Å². The molecule has 1 unspecified atom stereocenters. The van der Waals surface area contributed by atoms with E-state index in [1.54, 1.807) is 0 Å². The van der Waals surface area contributed by atoms with Crippen LogP contribution in [0.4, 0.5) is 0 Å². The molecule has 0 N–H and O–H groups in total. The Morgan fingerprint density at radius 1 is 0.846 bits per heavy atom. The number of ether oxygens (including phenoxy) is 4. The third kappa shape index (κ3) is 11.9. The highest BCUT2D eigenvalue weighted by Gasteiger charge is 2.28. The molecule has 0 radical (unpaired) electrons. The molecule has 0 aromatic rings. The molecule has 150 valence electrons. The van der Waals surface area contributed by atoms with Crippen LogP contribution in [0.1, 0.15) is 65.2 Å². The highest BCUT2D eigenvalue weighted by atomic mass is 16.7. The van der Waals surface area contributed by atoms with Gasteiger partial charge in [-0.15, -0.1) is 0 Å². The van der Waals surface area contributed by atoms with Gasteiger partial charge in [-0.1, -0.05) is 39.0 Å². The first-order valence-electron chi connectivity index (χ1n) is 9.47. The summed E-state index contributed by atoms with van der Waals surface area (Å²) in [4.78, 5) is 24.3. The molecule has 0 aliphatic rings. The molecule has 0 aliphatic heterocycles. The summed E-state index contributed by atoms with van der Waals surface area (Å²) in [6.45, 7) is 4.67. The fourth-order valence-corrected chi connectivity index (χ4v) is 2.12. The van der Waals surface area contributed by atoms with Crippen molar-refractivity contribution in [3.63, 3.8) is 0 Å². The lowest BCUT2D eigenvalue weighted by molar-refractivity contribution is -0.162. The Kier molecular flexibility index (Phi) is 15.8. The van der Waals surface area contributed by atoms with Crippen LogP contribution in [-0.4, -0.2) is 45.7 Å². The quantitative estimate of drug-likeness (QED) is 0.153. The molecule has 0 fully saturated rings. The normalized spacial score (nSPS) is 11.6. The average Bonchev–Trinajstić information content (AvgIpc) is 2.64. The van der Waals surface area contributed by atoms with Crippen LogP contribution in [0.15, 0.2) is 0 Å². The zero-order valence-electron chi connectivity index (χ0n) is 16.7. The van der Waals surface area contributed by atoms with E-state index in [2.05, 4.69) is 11.8 Å². The van der Waals surface area contributed by atoms with E-state index in [1.807, 2.05) is 13.8 Å². The van der Waals surface area contributed by atoms with Crippen LogP contribution in [0.25, 0.3) is 0 Å². The van der Waals surface area contributed by atoms with Gasteiger partial charge in [-0.25, -0.2) is 0 Å². The maximum Gasteiger partial charge on any atom is 0.320 e. The monoisotopic (exact) mass is 370 g/mol. The summed E-state index contributed by atoms with van der Waals surface area (Å²) in [5.41, 5.74) is 0. The fraction of sp³-hybridized carbons (Fsp3) is 0.800. The Balaban J connectivity index is 4.17. The SMILES string of the molecule is CCCCOC(=O)C(CCCC)C(=O)OCCCCC#CC(OC)OC. The molecule has 0 bridgehead atoms. The van der Waals surface area contributed by atoms with Crippen molar-refractivity contribution in [2.75, 3.05) is 27.4 Å². The van der Waals surface area contributed by atoms with E-state index in [-0.39, 0.29) is 6.61 Å². The molecule has 0 aromatic heterocycles. The van der Waals surface area contributed by atoms with Gasteiger partial charge in [0.1, 0.15) is 0 Å². The predicted molar refractivity (Wildman–Crippen MR) is 99.3 cm³/mol. The molecule has 0 heterocycles. The van der Waals surface area contributed by atoms with E-state index in [0.29, 0.717) is 25.9 Å². The van der Waals surface area contributed by atoms with Gasteiger partial charge in [-0.3, -0.25) is 9.59 Å². The average molecular weight is 370 g/mol. The minimum Gasteiger partial charge on any atom is -0.465 e. The second-order valence-electron chi connectivity index (χ2n) is 5.96. The number of methoxy groups -OCH3 is 2. The minimum absolute atomic E-state index is 0.281. The standard InChI is InChI=1S/C20H34O6/c1-5-7-13-17(19(21)25-15-8-6-2)20(22)26-16-12-10-9-11-14-18(23-3)24-4/h17-18H,5-10,12-13,15-16H2,1-4H3. The second-order valence-corrected chi connectivity index (χ2v) is 5.96. The smallest absolute Gasteiger partial charge is 0.320 e. The summed E-state index contributed by atoms with van der Waals surface area (Å²) >= 11 is 0. The van der Waals surface area contributed by atoms with Gasteiger partial charge in [0.15, 0.2) is 5.92 Å². The molecule has 0 amide bonds.